The van der Waals surface area contributed by atoms with Gasteiger partial charge in [0.05, 0.1) is 5.25 Å². The van der Waals surface area contributed by atoms with Crippen LogP contribution < -0.4 is 0 Å². The normalized spacial score (nSPS) is 18.6. The van der Waals surface area contributed by atoms with Crippen molar-refractivity contribution in [3.8, 4) is 0 Å². The average Bonchev–Trinajstić information content (AvgIpc) is 2.31. The van der Waals surface area contributed by atoms with Gasteiger partial charge in [-0.05, 0) is 25.0 Å². The Kier molecular flexibility index (Phi) is 3.44. The zero-order chi connectivity index (χ0) is 11.6. The van der Waals surface area contributed by atoms with Crippen LogP contribution in [0, 0.1) is 0 Å². The molecule has 1 fully saturated rings. The van der Waals surface area contributed by atoms with Crippen molar-refractivity contribution in [3.63, 3.8) is 0 Å². The molecule has 0 spiro atoms. The molecular weight excluding hydrogens is 248 g/mol. The molecule has 0 radical (unpaired) electrons. The maximum atomic E-state index is 12.2. The Morgan fingerprint density at radius 3 is 2.38 bits per heavy atom. The van der Waals surface area contributed by atoms with Gasteiger partial charge in [-0.3, -0.25) is 0 Å². The summed E-state index contributed by atoms with van der Waals surface area (Å²) in [5.74, 6) is 0. The lowest BCUT2D eigenvalue weighted by molar-refractivity contribution is 0.481. The van der Waals surface area contributed by atoms with Crippen LogP contribution in [0.25, 0.3) is 0 Å². The van der Waals surface area contributed by atoms with Gasteiger partial charge in [0.1, 0.15) is 0 Å². The molecule has 0 N–H and O–H groups in total. The van der Waals surface area contributed by atoms with Crippen molar-refractivity contribution in [2.75, 3.05) is 0 Å². The fourth-order valence-corrected chi connectivity index (χ4v) is 3.81. The van der Waals surface area contributed by atoms with Crippen LogP contribution in [0.1, 0.15) is 32.1 Å². The molecule has 0 saturated heterocycles. The number of rotatable bonds is 2. The molecule has 0 aliphatic heterocycles. The summed E-state index contributed by atoms with van der Waals surface area (Å²) >= 11 is 5.58. The predicted molar refractivity (Wildman–Crippen MR) is 61.1 cm³/mol. The average molecular weight is 261 g/mol. The third kappa shape index (κ3) is 2.35. The molecule has 1 aliphatic carbocycles. The number of hydrogen-bond acceptors (Lipinski definition) is 4. The van der Waals surface area contributed by atoms with Gasteiger partial charge >= 0.3 is 0 Å². The van der Waals surface area contributed by atoms with Gasteiger partial charge in [-0.1, -0.05) is 30.9 Å². The van der Waals surface area contributed by atoms with E-state index < -0.39 is 9.84 Å². The molecule has 1 aliphatic rings. The Balaban J connectivity index is 2.27. The molecule has 6 heteroatoms. The minimum Gasteiger partial charge on any atom is -0.222 e. The van der Waals surface area contributed by atoms with Gasteiger partial charge < -0.3 is 0 Å². The van der Waals surface area contributed by atoms with Gasteiger partial charge in [-0.15, -0.1) is 10.2 Å². The summed E-state index contributed by atoms with van der Waals surface area (Å²) in [4.78, 5) is 0. The molecule has 0 atom stereocenters. The van der Waals surface area contributed by atoms with E-state index in [4.69, 9.17) is 11.6 Å². The second kappa shape index (κ2) is 4.67. The number of halogens is 1. The summed E-state index contributed by atoms with van der Waals surface area (Å²) in [6, 6.07) is 2.89. The summed E-state index contributed by atoms with van der Waals surface area (Å²) < 4.78 is 24.3. The zero-order valence-electron chi connectivity index (χ0n) is 8.76. The van der Waals surface area contributed by atoms with E-state index in [0.717, 1.165) is 32.1 Å². The highest BCUT2D eigenvalue weighted by atomic mass is 35.5. The first-order valence-corrected chi connectivity index (χ1v) is 7.26. The van der Waals surface area contributed by atoms with Crippen LogP contribution in [0.4, 0.5) is 0 Å². The highest BCUT2D eigenvalue weighted by molar-refractivity contribution is 7.92. The minimum atomic E-state index is -3.31. The smallest absolute Gasteiger partial charge is 0.200 e. The van der Waals surface area contributed by atoms with Crippen LogP contribution in [-0.4, -0.2) is 23.9 Å². The maximum absolute atomic E-state index is 12.2. The zero-order valence-corrected chi connectivity index (χ0v) is 10.3. The molecular formula is C10H13ClN2O2S. The van der Waals surface area contributed by atoms with Gasteiger partial charge in [0.25, 0.3) is 0 Å². The summed E-state index contributed by atoms with van der Waals surface area (Å²) in [5.41, 5.74) is 0. The van der Waals surface area contributed by atoms with E-state index in [0.29, 0.717) is 0 Å². The first-order chi connectivity index (χ1) is 7.60. The van der Waals surface area contributed by atoms with E-state index in [1.54, 1.807) is 0 Å². The highest BCUT2D eigenvalue weighted by Crippen LogP contribution is 2.27. The molecule has 2 rings (SSSR count). The maximum Gasteiger partial charge on any atom is 0.200 e. The molecule has 16 heavy (non-hydrogen) atoms. The lowest BCUT2D eigenvalue weighted by Crippen LogP contribution is -2.25. The molecule has 0 amide bonds. The highest BCUT2D eigenvalue weighted by Gasteiger charge is 2.30. The summed E-state index contributed by atoms with van der Waals surface area (Å²) in [5, 5.41) is 7.19. The van der Waals surface area contributed by atoms with Gasteiger partial charge in [-0.25, -0.2) is 8.42 Å². The number of nitrogens with zero attached hydrogens (tertiary/aromatic N) is 2. The van der Waals surface area contributed by atoms with Crippen LogP contribution in [0.5, 0.6) is 0 Å². The molecule has 1 saturated carbocycles. The Morgan fingerprint density at radius 2 is 1.81 bits per heavy atom. The van der Waals surface area contributed by atoms with Crippen LogP contribution in [-0.2, 0) is 9.84 Å². The van der Waals surface area contributed by atoms with E-state index in [-0.39, 0.29) is 15.4 Å². The molecule has 0 bridgehead atoms. The molecule has 1 aromatic rings. The summed E-state index contributed by atoms with van der Waals surface area (Å²) in [6.07, 6.45) is 4.54. The third-order valence-electron chi connectivity index (χ3n) is 2.89. The van der Waals surface area contributed by atoms with Crippen molar-refractivity contribution in [2.24, 2.45) is 0 Å². The number of sulfone groups is 1. The van der Waals surface area contributed by atoms with Gasteiger partial charge in [0, 0.05) is 0 Å². The lowest BCUT2D eigenvalue weighted by Gasteiger charge is -2.20. The van der Waals surface area contributed by atoms with Gasteiger partial charge in [0.15, 0.2) is 20.0 Å². The first-order valence-electron chi connectivity index (χ1n) is 5.34. The molecule has 88 valence electrons. The van der Waals surface area contributed by atoms with Crippen molar-refractivity contribution in [2.45, 2.75) is 42.4 Å². The standard InChI is InChI=1S/C10H13ClN2O2S/c11-9-6-7-10(13-12-9)16(14,15)8-4-2-1-3-5-8/h6-8H,1-5H2. The Bertz CT molecular complexity index is 452. The van der Waals surface area contributed by atoms with E-state index in [1.165, 1.54) is 12.1 Å². The SMILES string of the molecule is O=S(=O)(c1ccc(Cl)nn1)C1CCCCC1. The van der Waals surface area contributed by atoms with E-state index in [9.17, 15) is 8.42 Å². The van der Waals surface area contributed by atoms with Crippen LogP contribution in [0.15, 0.2) is 17.2 Å². The Labute approximate surface area is 100.0 Å². The van der Waals surface area contributed by atoms with E-state index in [2.05, 4.69) is 10.2 Å². The Hall–Kier alpha value is -0.680. The van der Waals surface area contributed by atoms with Crippen molar-refractivity contribution < 1.29 is 8.42 Å². The van der Waals surface area contributed by atoms with Gasteiger partial charge in [0.2, 0.25) is 0 Å². The molecule has 4 nitrogen and oxygen atoms in total. The number of aromatic nitrogens is 2. The van der Waals surface area contributed by atoms with E-state index >= 15 is 0 Å². The second-order valence-corrected chi connectivity index (χ2v) is 6.56. The fraction of sp³-hybridized carbons (Fsp3) is 0.600. The molecule has 0 aromatic carbocycles. The second-order valence-electron chi connectivity index (χ2n) is 4.00. The lowest BCUT2D eigenvalue weighted by atomic mass is 10.0. The monoisotopic (exact) mass is 260 g/mol. The molecule has 1 aromatic heterocycles. The van der Waals surface area contributed by atoms with Crippen molar-refractivity contribution in [3.05, 3.63) is 17.3 Å². The first kappa shape index (κ1) is 11.8. The topological polar surface area (TPSA) is 59.9 Å². The fourth-order valence-electron chi connectivity index (χ4n) is 2.00. The van der Waals surface area contributed by atoms with E-state index in [1.807, 2.05) is 0 Å². The minimum absolute atomic E-state index is 0.0452. The summed E-state index contributed by atoms with van der Waals surface area (Å²) in [7, 11) is -3.31. The summed E-state index contributed by atoms with van der Waals surface area (Å²) in [6.45, 7) is 0. The quantitative estimate of drug-likeness (QED) is 0.818. The third-order valence-corrected chi connectivity index (χ3v) is 5.24. The predicted octanol–water partition coefficient (Wildman–Crippen LogP) is 2.24. The van der Waals surface area contributed by atoms with Crippen LogP contribution >= 0.6 is 11.6 Å². The largest absolute Gasteiger partial charge is 0.222 e. The molecule has 1 heterocycles. The Morgan fingerprint density at radius 1 is 1.12 bits per heavy atom. The van der Waals surface area contributed by atoms with Crippen molar-refractivity contribution >= 4 is 21.4 Å². The molecule has 0 unspecified atom stereocenters. The van der Waals surface area contributed by atoms with Crippen LogP contribution in [0.2, 0.25) is 5.15 Å². The number of hydrogen-bond donors (Lipinski definition) is 0. The van der Waals surface area contributed by atoms with Gasteiger partial charge in [-0.2, -0.15) is 0 Å². The van der Waals surface area contributed by atoms with Crippen molar-refractivity contribution in [1.29, 1.82) is 0 Å². The van der Waals surface area contributed by atoms with Crippen molar-refractivity contribution in [1.82, 2.24) is 10.2 Å². The van der Waals surface area contributed by atoms with Crippen LogP contribution in [0.3, 0.4) is 0 Å².